The van der Waals surface area contributed by atoms with Gasteiger partial charge in [-0.2, -0.15) is 0 Å². The molecule has 0 N–H and O–H groups in total. The lowest BCUT2D eigenvalue weighted by molar-refractivity contribution is 0.108. The predicted octanol–water partition coefficient (Wildman–Crippen LogP) is 1.56. The number of nitrogens with zero attached hydrogens (tertiary/aromatic N) is 4. The van der Waals surface area contributed by atoms with Crippen LogP contribution >= 0.6 is 0 Å². The van der Waals surface area contributed by atoms with E-state index in [1.807, 2.05) is 24.9 Å². The largest absolute Gasteiger partial charge is 0.361 e. The zero-order valence-electron chi connectivity index (χ0n) is 12.8. The van der Waals surface area contributed by atoms with Crippen molar-refractivity contribution in [3.63, 3.8) is 0 Å². The zero-order valence-corrected chi connectivity index (χ0v) is 12.8. The first-order valence-corrected chi connectivity index (χ1v) is 7.06. The molecule has 1 aromatic rings. The van der Waals surface area contributed by atoms with E-state index < -0.39 is 0 Å². The second-order valence-corrected chi connectivity index (χ2v) is 5.75. The molecule has 1 aliphatic rings. The third-order valence-corrected chi connectivity index (χ3v) is 3.78. The standard InChI is InChI=1S/C14H24N4O2/c1-11-8-12(15-20-11)9-18-7-5-6-13(10-18)17(4)14(19)16(2)3/h8,13H,5-7,9-10H2,1-4H3. The summed E-state index contributed by atoms with van der Waals surface area (Å²) in [6.45, 7) is 4.63. The Balaban J connectivity index is 1.93. The number of amides is 2. The number of urea groups is 1. The molecule has 2 amide bonds. The smallest absolute Gasteiger partial charge is 0.319 e. The highest BCUT2D eigenvalue weighted by atomic mass is 16.5. The summed E-state index contributed by atoms with van der Waals surface area (Å²) >= 11 is 0. The lowest BCUT2D eigenvalue weighted by Crippen LogP contribution is -2.50. The maximum Gasteiger partial charge on any atom is 0.319 e. The van der Waals surface area contributed by atoms with Crippen molar-refractivity contribution in [3.8, 4) is 0 Å². The second-order valence-electron chi connectivity index (χ2n) is 5.75. The molecule has 20 heavy (non-hydrogen) atoms. The second kappa shape index (κ2) is 6.26. The maximum absolute atomic E-state index is 12.0. The first-order valence-electron chi connectivity index (χ1n) is 7.06. The third-order valence-electron chi connectivity index (χ3n) is 3.78. The Labute approximate surface area is 120 Å². The molecule has 6 nitrogen and oxygen atoms in total. The Morgan fingerprint density at radius 1 is 1.50 bits per heavy atom. The number of carbonyl (C=O) groups excluding carboxylic acids is 1. The molecule has 6 heteroatoms. The van der Waals surface area contributed by atoms with Crippen molar-refractivity contribution in [3.05, 3.63) is 17.5 Å². The van der Waals surface area contributed by atoms with Crippen LogP contribution in [0.1, 0.15) is 24.3 Å². The molecule has 0 bridgehead atoms. The van der Waals surface area contributed by atoms with E-state index in [1.54, 1.807) is 19.0 Å². The summed E-state index contributed by atoms with van der Waals surface area (Å²) in [6.07, 6.45) is 2.16. The van der Waals surface area contributed by atoms with Gasteiger partial charge in [-0.05, 0) is 26.3 Å². The van der Waals surface area contributed by atoms with Crippen LogP contribution in [0.5, 0.6) is 0 Å². The molecule has 1 saturated heterocycles. The highest BCUT2D eigenvalue weighted by Crippen LogP contribution is 2.18. The van der Waals surface area contributed by atoms with E-state index in [0.29, 0.717) is 0 Å². The van der Waals surface area contributed by atoms with Crippen LogP contribution in [-0.4, -0.2) is 66.2 Å². The highest BCUT2D eigenvalue weighted by Gasteiger charge is 2.27. The van der Waals surface area contributed by atoms with Crippen molar-refractivity contribution in [1.29, 1.82) is 0 Å². The van der Waals surface area contributed by atoms with Crippen LogP contribution < -0.4 is 0 Å². The van der Waals surface area contributed by atoms with Gasteiger partial charge in [0, 0.05) is 46.3 Å². The van der Waals surface area contributed by atoms with E-state index in [-0.39, 0.29) is 12.1 Å². The molecule has 0 radical (unpaired) electrons. The molecule has 2 rings (SSSR count). The highest BCUT2D eigenvalue weighted by molar-refractivity contribution is 5.73. The van der Waals surface area contributed by atoms with Crippen molar-refractivity contribution in [2.45, 2.75) is 32.4 Å². The van der Waals surface area contributed by atoms with E-state index in [1.165, 1.54) is 0 Å². The van der Waals surface area contributed by atoms with Crippen molar-refractivity contribution in [1.82, 2.24) is 19.9 Å². The van der Waals surface area contributed by atoms with Gasteiger partial charge in [0.25, 0.3) is 0 Å². The quantitative estimate of drug-likeness (QED) is 0.843. The van der Waals surface area contributed by atoms with Crippen LogP contribution in [-0.2, 0) is 6.54 Å². The van der Waals surface area contributed by atoms with Crippen molar-refractivity contribution in [2.75, 3.05) is 34.2 Å². The van der Waals surface area contributed by atoms with Crippen LogP contribution in [0.2, 0.25) is 0 Å². The van der Waals surface area contributed by atoms with Crippen LogP contribution in [0, 0.1) is 6.92 Å². The molecule has 1 atom stereocenters. The van der Waals surface area contributed by atoms with Crippen molar-refractivity contribution >= 4 is 6.03 Å². The lowest BCUT2D eigenvalue weighted by Gasteiger charge is -2.38. The Morgan fingerprint density at radius 3 is 2.85 bits per heavy atom. The van der Waals surface area contributed by atoms with Gasteiger partial charge in [0.2, 0.25) is 0 Å². The number of likely N-dealkylation sites (N-methyl/N-ethyl adjacent to an activating group) is 1. The summed E-state index contributed by atoms with van der Waals surface area (Å²) < 4.78 is 5.10. The topological polar surface area (TPSA) is 52.8 Å². The summed E-state index contributed by atoms with van der Waals surface area (Å²) in [5.41, 5.74) is 0.963. The van der Waals surface area contributed by atoms with Gasteiger partial charge in [0.1, 0.15) is 5.76 Å². The fourth-order valence-corrected chi connectivity index (χ4v) is 2.68. The van der Waals surface area contributed by atoms with Gasteiger partial charge in [-0.15, -0.1) is 0 Å². The normalized spacial score (nSPS) is 19.9. The van der Waals surface area contributed by atoms with Gasteiger partial charge in [-0.3, -0.25) is 4.90 Å². The summed E-state index contributed by atoms with van der Waals surface area (Å²) in [5.74, 6) is 0.841. The number of hydrogen-bond donors (Lipinski definition) is 0. The van der Waals surface area contributed by atoms with Crippen LogP contribution in [0.3, 0.4) is 0 Å². The third kappa shape index (κ3) is 3.50. The summed E-state index contributed by atoms with van der Waals surface area (Å²) in [5, 5.41) is 4.04. The van der Waals surface area contributed by atoms with Crippen molar-refractivity contribution < 1.29 is 9.32 Å². The minimum Gasteiger partial charge on any atom is -0.361 e. The van der Waals surface area contributed by atoms with Gasteiger partial charge < -0.3 is 14.3 Å². The van der Waals surface area contributed by atoms with E-state index >= 15 is 0 Å². The molecular formula is C14H24N4O2. The Hall–Kier alpha value is -1.56. The SMILES string of the molecule is Cc1cc(CN2CCCC(N(C)C(=O)N(C)C)C2)no1. The average molecular weight is 280 g/mol. The van der Waals surface area contributed by atoms with Crippen LogP contribution in [0.15, 0.2) is 10.6 Å². The first kappa shape index (κ1) is 14.8. The predicted molar refractivity (Wildman–Crippen MR) is 76.4 cm³/mol. The number of aromatic nitrogens is 1. The van der Waals surface area contributed by atoms with Crippen LogP contribution in [0.4, 0.5) is 4.79 Å². The van der Waals surface area contributed by atoms with Gasteiger partial charge in [0.05, 0.1) is 5.69 Å². The Kier molecular flexibility index (Phi) is 4.65. The lowest BCUT2D eigenvalue weighted by atomic mass is 10.0. The molecular weight excluding hydrogens is 256 g/mol. The monoisotopic (exact) mass is 280 g/mol. The number of aryl methyl sites for hydroxylation is 1. The molecule has 112 valence electrons. The number of rotatable bonds is 3. The molecule has 1 fully saturated rings. The number of piperidine rings is 1. The first-order chi connectivity index (χ1) is 9.47. The fourth-order valence-electron chi connectivity index (χ4n) is 2.68. The molecule has 0 spiro atoms. The molecule has 1 aromatic heterocycles. The van der Waals surface area contributed by atoms with Gasteiger partial charge in [-0.1, -0.05) is 5.16 Å². The molecule has 2 heterocycles. The Morgan fingerprint density at radius 2 is 2.25 bits per heavy atom. The Bertz CT molecular complexity index is 458. The van der Waals surface area contributed by atoms with E-state index in [0.717, 1.165) is 43.9 Å². The molecule has 0 saturated carbocycles. The number of likely N-dealkylation sites (tertiary alicyclic amines) is 1. The molecule has 0 aliphatic carbocycles. The van der Waals surface area contributed by atoms with Gasteiger partial charge >= 0.3 is 6.03 Å². The minimum atomic E-state index is 0.0640. The number of hydrogen-bond acceptors (Lipinski definition) is 4. The molecule has 1 unspecified atom stereocenters. The number of carbonyl (C=O) groups is 1. The van der Waals surface area contributed by atoms with Crippen LogP contribution in [0.25, 0.3) is 0 Å². The molecule has 1 aliphatic heterocycles. The zero-order chi connectivity index (χ0) is 14.7. The summed E-state index contributed by atoms with van der Waals surface area (Å²) in [6, 6.07) is 2.30. The maximum atomic E-state index is 12.0. The van der Waals surface area contributed by atoms with E-state index in [2.05, 4.69) is 10.1 Å². The van der Waals surface area contributed by atoms with Crippen molar-refractivity contribution in [2.24, 2.45) is 0 Å². The summed E-state index contributed by atoms with van der Waals surface area (Å²) in [4.78, 5) is 17.8. The minimum absolute atomic E-state index is 0.0640. The van der Waals surface area contributed by atoms with E-state index in [9.17, 15) is 4.79 Å². The fraction of sp³-hybridized carbons (Fsp3) is 0.714. The average Bonchev–Trinajstić information content (AvgIpc) is 2.82. The van der Waals surface area contributed by atoms with Gasteiger partial charge in [-0.25, -0.2) is 4.79 Å². The molecule has 0 aromatic carbocycles. The van der Waals surface area contributed by atoms with Gasteiger partial charge in [0.15, 0.2) is 0 Å². The summed E-state index contributed by atoms with van der Waals surface area (Å²) in [7, 11) is 5.46. The van der Waals surface area contributed by atoms with E-state index in [4.69, 9.17) is 4.52 Å².